The van der Waals surface area contributed by atoms with Gasteiger partial charge in [-0.05, 0) is 89.8 Å². The lowest BCUT2D eigenvalue weighted by molar-refractivity contribution is -0.131. The van der Waals surface area contributed by atoms with Crippen LogP contribution in [0.4, 0.5) is 10.1 Å². The molecule has 56 heavy (non-hydrogen) atoms. The Kier molecular flexibility index (Phi) is 18.7. The molecular formula is C43H60FN5O7. The van der Waals surface area contributed by atoms with E-state index >= 15 is 0 Å². The van der Waals surface area contributed by atoms with Crippen molar-refractivity contribution in [2.45, 2.75) is 80.2 Å². The van der Waals surface area contributed by atoms with Crippen LogP contribution in [0.25, 0.3) is 0 Å². The van der Waals surface area contributed by atoms with Crippen LogP contribution in [0.3, 0.4) is 0 Å². The fraction of sp³-hybridized carbons (Fsp3) is 0.465. The van der Waals surface area contributed by atoms with Crippen molar-refractivity contribution in [3.63, 3.8) is 0 Å². The summed E-state index contributed by atoms with van der Waals surface area (Å²) in [5.41, 5.74) is 7.70. The van der Waals surface area contributed by atoms with Gasteiger partial charge in [0.25, 0.3) is 5.91 Å². The lowest BCUT2D eigenvalue weighted by atomic mass is 9.83. The van der Waals surface area contributed by atoms with Gasteiger partial charge in [-0.15, -0.1) is 0 Å². The number of carboxylic acid groups (broad SMARTS) is 1. The minimum absolute atomic E-state index is 0.0209. The Hall–Kier alpha value is -5.30. The van der Waals surface area contributed by atoms with E-state index in [1.54, 1.807) is 48.2 Å². The van der Waals surface area contributed by atoms with Crippen molar-refractivity contribution in [2.24, 2.45) is 16.6 Å². The molecule has 3 aromatic rings. The predicted octanol–water partition coefficient (Wildman–Crippen LogP) is 6.53. The number of carbonyl (C=O) groups excluding carboxylic acids is 4. The molecule has 0 saturated heterocycles. The first kappa shape index (κ1) is 46.9. The van der Waals surface area contributed by atoms with E-state index < -0.39 is 17.3 Å². The van der Waals surface area contributed by atoms with Crippen LogP contribution < -0.4 is 21.1 Å². The Morgan fingerprint density at radius 3 is 1.86 bits per heavy atom. The molecular weight excluding hydrogens is 717 g/mol. The summed E-state index contributed by atoms with van der Waals surface area (Å²) in [6.07, 6.45) is 2.69. The van der Waals surface area contributed by atoms with E-state index in [0.29, 0.717) is 73.2 Å². The Morgan fingerprint density at radius 2 is 1.32 bits per heavy atom. The molecule has 5 N–H and O–H groups in total. The van der Waals surface area contributed by atoms with Crippen LogP contribution in [0.5, 0.6) is 5.75 Å². The highest BCUT2D eigenvalue weighted by atomic mass is 19.1. The molecule has 0 saturated carbocycles. The monoisotopic (exact) mass is 777 g/mol. The highest BCUT2D eigenvalue weighted by molar-refractivity contribution is 5.94. The van der Waals surface area contributed by atoms with Crippen LogP contribution >= 0.6 is 0 Å². The molecule has 0 fully saturated rings. The van der Waals surface area contributed by atoms with Gasteiger partial charge >= 0.3 is 5.97 Å². The minimum Gasteiger partial charge on any atom is -0.492 e. The number of carbonyl (C=O) groups is 5. The number of nitrogens with one attached hydrogen (secondary N) is 2. The number of rotatable bonds is 19. The normalized spacial score (nSPS) is 11.1. The second-order valence-electron chi connectivity index (χ2n) is 16.2. The number of amides is 4. The maximum Gasteiger partial charge on any atom is 0.338 e. The van der Waals surface area contributed by atoms with E-state index in [1.165, 1.54) is 12.1 Å². The molecule has 12 nitrogen and oxygen atoms in total. The van der Waals surface area contributed by atoms with E-state index in [4.69, 9.17) is 15.6 Å². The number of benzene rings is 3. The Labute approximate surface area is 331 Å². The molecule has 0 heterocycles. The van der Waals surface area contributed by atoms with Gasteiger partial charge in [0.1, 0.15) is 18.2 Å². The fourth-order valence-electron chi connectivity index (χ4n) is 5.04. The van der Waals surface area contributed by atoms with Gasteiger partial charge in [0.15, 0.2) is 0 Å². The first-order valence-electron chi connectivity index (χ1n) is 18.8. The molecule has 0 radical (unpaired) electrons. The third-order valence-corrected chi connectivity index (χ3v) is 8.57. The zero-order valence-electron chi connectivity index (χ0n) is 34.2. The lowest BCUT2D eigenvalue weighted by Gasteiger charge is -2.27. The minimum atomic E-state index is -1.38. The van der Waals surface area contributed by atoms with Crippen LogP contribution in [0.1, 0.15) is 99.1 Å². The molecule has 13 heteroatoms. The summed E-state index contributed by atoms with van der Waals surface area (Å²) in [4.78, 5) is 64.0. The van der Waals surface area contributed by atoms with E-state index in [0.717, 1.165) is 11.6 Å². The molecule has 0 bridgehead atoms. The highest BCUT2D eigenvalue weighted by Gasteiger charge is 2.23. The quantitative estimate of drug-likeness (QED) is 0.107. The second-order valence-corrected chi connectivity index (χ2v) is 16.2. The number of nitrogens with two attached hydrogens (primary N) is 1. The molecule has 0 aliphatic heterocycles. The van der Waals surface area contributed by atoms with Gasteiger partial charge in [0, 0.05) is 51.3 Å². The molecule has 0 unspecified atom stereocenters. The Bertz CT molecular complexity index is 1750. The molecule has 0 aliphatic rings. The number of anilines is 1. The van der Waals surface area contributed by atoms with Crippen molar-refractivity contribution >= 4 is 35.3 Å². The lowest BCUT2D eigenvalue weighted by Crippen LogP contribution is -2.32. The standard InChI is InChI=1S/C38H48FN5O7.C5H12/c1-38(2,18-15-34(46)43(3)20-17-26-5-10-29(11-6-26)42-33(45)24-40)19-16-35(47)44(4)21-22-51-30-12-8-28(9-13-30)36(48)41-25-27-7-14-32(39)31(23-27)37(49)50;1-5(2,3)4/h5-14,23H,15-22,24-25,40H2,1-4H3,(H,41,48)(H,42,45)(H,49,50);1-4H3. The van der Waals surface area contributed by atoms with Crippen LogP contribution in [-0.4, -0.2) is 84.8 Å². The van der Waals surface area contributed by atoms with E-state index in [9.17, 15) is 28.4 Å². The summed E-state index contributed by atoms with van der Waals surface area (Å²) in [5, 5.41) is 14.5. The molecule has 0 aliphatic carbocycles. The van der Waals surface area contributed by atoms with Crippen LogP contribution in [-0.2, 0) is 27.3 Å². The van der Waals surface area contributed by atoms with Crippen molar-refractivity contribution in [3.05, 3.63) is 94.8 Å². The van der Waals surface area contributed by atoms with Gasteiger partial charge in [-0.1, -0.05) is 59.7 Å². The van der Waals surface area contributed by atoms with Crippen molar-refractivity contribution in [1.29, 1.82) is 0 Å². The molecule has 0 atom stereocenters. The molecule has 306 valence electrons. The summed E-state index contributed by atoms with van der Waals surface area (Å²) in [7, 11) is 3.50. The summed E-state index contributed by atoms with van der Waals surface area (Å²) >= 11 is 0. The van der Waals surface area contributed by atoms with Crippen LogP contribution in [0, 0.1) is 16.6 Å². The van der Waals surface area contributed by atoms with Crippen LogP contribution in [0.2, 0.25) is 0 Å². The fourth-order valence-corrected chi connectivity index (χ4v) is 5.04. The third-order valence-electron chi connectivity index (χ3n) is 8.57. The number of halogens is 1. The average molecular weight is 778 g/mol. The maximum atomic E-state index is 13.6. The Balaban J connectivity index is 0.00000203. The average Bonchev–Trinajstić information content (AvgIpc) is 3.14. The molecule has 4 amide bonds. The van der Waals surface area contributed by atoms with Crippen molar-refractivity contribution in [1.82, 2.24) is 15.1 Å². The maximum absolute atomic E-state index is 13.6. The highest BCUT2D eigenvalue weighted by Crippen LogP contribution is 2.29. The van der Waals surface area contributed by atoms with Crippen molar-refractivity contribution < 1.29 is 38.2 Å². The molecule has 0 spiro atoms. The summed E-state index contributed by atoms with van der Waals surface area (Å²) in [6.45, 7) is 14.0. The molecule has 0 aromatic heterocycles. The number of aromatic carboxylic acids is 1. The Morgan fingerprint density at radius 1 is 0.786 bits per heavy atom. The largest absolute Gasteiger partial charge is 0.492 e. The van der Waals surface area contributed by atoms with Crippen LogP contribution in [0.15, 0.2) is 66.7 Å². The smallest absolute Gasteiger partial charge is 0.338 e. The second kappa shape index (κ2) is 22.3. The molecule has 3 aromatic carbocycles. The summed E-state index contributed by atoms with van der Waals surface area (Å²) in [6, 6.07) is 17.6. The number of ether oxygens (including phenoxy) is 1. The van der Waals surface area contributed by atoms with Gasteiger partial charge in [-0.25, -0.2) is 9.18 Å². The van der Waals surface area contributed by atoms with Gasteiger partial charge in [-0.3, -0.25) is 19.2 Å². The zero-order valence-corrected chi connectivity index (χ0v) is 34.2. The van der Waals surface area contributed by atoms with Crippen molar-refractivity contribution in [3.8, 4) is 5.75 Å². The first-order chi connectivity index (χ1) is 26.2. The number of likely N-dealkylation sites (N-methyl/N-ethyl adjacent to an activating group) is 2. The number of carboxylic acids is 1. The third kappa shape index (κ3) is 18.4. The van der Waals surface area contributed by atoms with Gasteiger partial charge in [0.2, 0.25) is 17.7 Å². The van der Waals surface area contributed by atoms with E-state index in [-0.39, 0.29) is 48.7 Å². The van der Waals surface area contributed by atoms with Gasteiger partial charge in [0.05, 0.1) is 18.7 Å². The van der Waals surface area contributed by atoms with E-state index in [2.05, 4.69) is 52.2 Å². The SMILES string of the molecule is CC(C)(C)C.CN(CCOc1ccc(C(=O)NCc2ccc(F)c(C(=O)O)c2)cc1)C(=O)CCC(C)(C)CCC(=O)N(C)CCc1ccc(NC(=O)CN)cc1. The van der Waals surface area contributed by atoms with Gasteiger partial charge in [-0.2, -0.15) is 0 Å². The zero-order chi connectivity index (χ0) is 42.1. The number of nitrogens with zero attached hydrogens (tertiary/aromatic N) is 2. The van der Waals surface area contributed by atoms with E-state index in [1.807, 2.05) is 24.3 Å². The number of hydrogen-bond donors (Lipinski definition) is 4. The van der Waals surface area contributed by atoms with Gasteiger partial charge < -0.3 is 36.0 Å². The predicted molar refractivity (Wildman–Crippen MR) is 217 cm³/mol. The topological polar surface area (TPSA) is 171 Å². The van der Waals surface area contributed by atoms with Crippen molar-refractivity contribution in [2.75, 3.05) is 45.7 Å². The summed E-state index contributed by atoms with van der Waals surface area (Å²) < 4.78 is 19.4. The summed E-state index contributed by atoms with van der Waals surface area (Å²) in [5.74, 6) is -2.32. The first-order valence-corrected chi connectivity index (χ1v) is 18.8. The number of hydrogen-bond acceptors (Lipinski definition) is 7. The molecule has 3 rings (SSSR count).